The lowest BCUT2D eigenvalue weighted by molar-refractivity contribution is -0.153. The van der Waals surface area contributed by atoms with Crippen molar-refractivity contribution >= 4 is 41.1 Å². The van der Waals surface area contributed by atoms with Crippen molar-refractivity contribution in [2.24, 2.45) is 0 Å². The first-order valence-electron chi connectivity index (χ1n) is 9.73. The molecule has 8 nitrogen and oxygen atoms in total. The van der Waals surface area contributed by atoms with Crippen molar-refractivity contribution in [2.45, 2.75) is 58.8 Å². The Bertz CT molecular complexity index is 928. The van der Waals surface area contributed by atoms with Crippen molar-refractivity contribution in [1.82, 2.24) is 4.98 Å². The van der Waals surface area contributed by atoms with E-state index in [-0.39, 0.29) is 12.8 Å². The van der Waals surface area contributed by atoms with Crippen LogP contribution in [0.2, 0.25) is 0 Å². The van der Waals surface area contributed by atoms with Gasteiger partial charge in [-0.15, -0.1) is 11.3 Å². The van der Waals surface area contributed by atoms with Crippen molar-refractivity contribution in [3.05, 3.63) is 46.0 Å². The van der Waals surface area contributed by atoms with Crippen molar-refractivity contribution in [1.29, 1.82) is 0 Å². The summed E-state index contributed by atoms with van der Waals surface area (Å²) < 4.78 is 15.7. The van der Waals surface area contributed by atoms with E-state index < -0.39 is 42.0 Å². The molecule has 0 bridgehead atoms. The fraction of sp³-hybridized carbons (Fsp3) is 0.409. The van der Waals surface area contributed by atoms with Gasteiger partial charge >= 0.3 is 17.9 Å². The molecule has 0 spiro atoms. The molecule has 3 atom stereocenters. The summed E-state index contributed by atoms with van der Waals surface area (Å²) in [4.78, 5) is 52.5. The van der Waals surface area contributed by atoms with Crippen molar-refractivity contribution < 1.29 is 33.4 Å². The summed E-state index contributed by atoms with van der Waals surface area (Å²) in [6.45, 7) is 6.65. The number of hydrogen-bond donors (Lipinski definition) is 0. The zero-order valence-electron chi connectivity index (χ0n) is 17.8. The SMILES string of the molecule is C/C(=C\c1csc(C)n1)C1C/C=C/C(=O)O[C@@H](C)C(=O)/C=C/C(=O)O[C@@H](C)CC(=O)O1. The lowest BCUT2D eigenvalue weighted by atomic mass is 10.1. The molecule has 0 fully saturated rings. The van der Waals surface area contributed by atoms with Gasteiger partial charge in [0.25, 0.3) is 0 Å². The molecule has 9 heteroatoms. The van der Waals surface area contributed by atoms with Gasteiger partial charge in [-0.05, 0) is 45.4 Å². The number of hydrogen-bond acceptors (Lipinski definition) is 9. The largest absolute Gasteiger partial charge is 0.459 e. The molecule has 2 rings (SSSR count). The van der Waals surface area contributed by atoms with Crippen LogP contribution < -0.4 is 0 Å². The Hall–Kier alpha value is -3.07. The first kappa shape index (κ1) is 24.2. The Kier molecular flexibility index (Phi) is 8.87. The minimum Gasteiger partial charge on any atom is -0.459 e. The lowest BCUT2D eigenvalue weighted by Crippen LogP contribution is -2.25. The van der Waals surface area contributed by atoms with Crippen LogP contribution >= 0.6 is 11.3 Å². The summed E-state index contributed by atoms with van der Waals surface area (Å²) in [6, 6.07) is 0. The number of carbonyl (C=O) groups is 4. The molecule has 1 aromatic rings. The van der Waals surface area contributed by atoms with Gasteiger partial charge < -0.3 is 14.2 Å². The summed E-state index contributed by atoms with van der Waals surface area (Å²) in [5, 5.41) is 2.79. The van der Waals surface area contributed by atoms with Crippen LogP contribution in [-0.4, -0.2) is 47.0 Å². The molecule has 0 N–H and O–H groups in total. The summed E-state index contributed by atoms with van der Waals surface area (Å²) in [5.41, 5.74) is 1.47. The van der Waals surface area contributed by atoms with Gasteiger partial charge in [0, 0.05) is 24.0 Å². The molecule has 0 saturated heterocycles. The molecule has 0 amide bonds. The minimum absolute atomic E-state index is 0.157. The van der Waals surface area contributed by atoms with Gasteiger partial charge in [0.2, 0.25) is 0 Å². The third kappa shape index (κ3) is 8.29. The van der Waals surface area contributed by atoms with E-state index in [1.807, 2.05) is 12.3 Å². The Balaban J connectivity index is 2.24. The molecule has 0 aromatic carbocycles. The molecular formula is C22H25NO7S. The second-order valence-corrected chi connectivity index (χ2v) is 8.12. The van der Waals surface area contributed by atoms with Gasteiger partial charge in [-0.1, -0.05) is 6.08 Å². The standard InChI is InChI=1S/C22H25NO7S/c1-13(10-17-12-31-16(4)23-17)19-6-5-7-20(25)29-15(3)18(24)8-9-21(26)28-14(2)11-22(27)30-19/h5,7-10,12,14-15,19H,6,11H2,1-4H3/b7-5+,9-8+,13-10+/t14-,15-,19?/m0/s1. The van der Waals surface area contributed by atoms with Crippen LogP contribution in [-0.2, 0) is 33.4 Å². The van der Waals surface area contributed by atoms with Crippen LogP contribution in [0.4, 0.5) is 0 Å². The predicted octanol–water partition coefficient (Wildman–Crippen LogP) is 3.11. The number of aromatic nitrogens is 1. The van der Waals surface area contributed by atoms with Crippen molar-refractivity contribution in [3.63, 3.8) is 0 Å². The second-order valence-electron chi connectivity index (χ2n) is 7.06. The number of esters is 3. The summed E-state index contributed by atoms with van der Waals surface area (Å²) >= 11 is 1.50. The molecule has 0 saturated carbocycles. The van der Waals surface area contributed by atoms with E-state index in [4.69, 9.17) is 14.2 Å². The fourth-order valence-corrected chi connectivity index (χ4v) is 3.24. The molecule has 1 aliphatic heterocycles. The highest BCUT2D eigenvalue weighted by Gasteiger charge is 2.21. The molecule has 1 aliphatic rings. The molecule has 166 valence electrons. The lowest BCUT2D eigenvalue weighted by Gasteiger charge is -2.19. The Morgan fingerprint density at radius 1 is 1.06 bits per heavy atom. The minimum atomic E-state index is -1.06. The molecule has 0 radical (unpaired) electrons. The Labute approximate surface area is 184 Å². The first-order chi connectivity index (χ1) is 14.6. The number of aryl methyl sites for hydroxylation is 1. The number of carbonyl (C=O) groups excluding carboxylic acids is 4. The number of cyclic esters (lactones) is 3. The van der Waals surface area contributed by atoms with Gasteiger partial charge in [0.05, 0.1) is 17.1 Å². The quantitative estimate of drug-likeness (QED) is 0.503. The molecule has 1 aromatic heterocycles. The van der Waals surface area contributed by atoms with Gasteiger partial charge in [-0.2, -0.15) is 0 Å². The van der Waals surface area contributed by atoms with Gasteiger partial charge in [0.15, 0.2) is 11.9 Å². The zero-order chi connectivity index (χ0) is 23.0. The van der Waals surface area contributed by atoms with E-state index in [1.54, 1.807) is 19.9 Å². The summed E-state index contributed by atoms with van der Waals surface area (Å²) in [7, 11) is 0. The highest BCUT2D eigenvalue weighted by atomic mass is 32.1. The average Bonchev–Trinajstić information content (AvgIpc) is 3.08. The maximum atomic E-state index is 12.4. The maximum absolute atomic E-state index is 12.4. The van der Waals surface area contributed by atoms with Crippen LogP contribution in [0, 0.1) is 6.92 Å². The summed E-state index contributed by atoms with van der Waals surface area (Å²) in [6.07, 6.45) is 4.00. The summed E-state index contributed by atoms with van der Waals surface area (Å²) in [5.74, 6) is -2.64. The third-order valence-corrected chi connectivity index (χ3v) is 5.04. The van der Waals surface area contributed by atoms with E-state index in [0.717, 1.165) is 28.4 Å². The van der Waals surface area contributed by atoms with Crippen LogP contribution in [0.5, 0.6) is 0 Å². The van der Waals surface area contributed by atoms with E-state index >= 15 is 0 Å². The van der Waals surface area contributed by atoms with Crippen LogP contribution in [0.15, 0.2) is 35.3 Å². The predicted molar refractivity (Wildman–Crippen MR) is 114 cm³/mol. The van der Waals surface area contributed by atoms with Crippen molar-refractivity contribution in [2.75, 3.05) is 0 Å². The van der Waals surface area contributed by atoms with Crippen molar-refractivity contribution in [3.8, 4) is 0 Å². The molecular weight excluding hydrogens is 422 g/mol. The smallest absolute Gasteiger partial charge is 0.331 e. The van der Waals surface area contributed by atoms with Gasteiger partial charge in [-0.3, -0.25) is 9.59 Å². The number of rotatable bonds is 2. The van der Waals surface area contributed by atoms with E-state index in [1.165, 1.54) is 30.4 Å². The van der Waals surface area contributed by atoms with E-state index in [9.17, 15) is 19.2 Å². The first-order valence-corrected chi connectivity index (χ1v) is 10.6. The van der Waals surface area contributed by atoms with Gasteiger partial charge in [0.1, 0.15) is 12.2 Å². The monoisotopic (exact) mass is 447 g/mol. The Morgan fingerprint density at radius 3 is 2.45 bits per heavy atom. The topological polar surface area (TPSA) is 109 Å². The van der Waals surface area contributed by atoms with Crippen LogP contribution in [0.25, 0.3) is 6.08 Å². The second kappa shape index (κ2) is 11.4. The molecule has 1 unspecified atom stereocenters. The van der Waals surface area contributed by atoms with Crippen LogP contribution in [0.1, 0.15) is 44.3 Å². The zero-order valence-corrected chi connectivity index (χ0v) is 18.6. The number of thiazole rings is 1. The average molecular weight is 448 g/mol. The van der Waals surface area contributed by atoms with E-state index in [0.29, 0.717) is 0 Å². The highest BCUT2D eigenvalue weighted by molar-refractivity contribution is 7.09. The molecule has 0 aliphatic carbocycles. The van der Waals surface area contributed by atoms with E-state index in [2.05, 4.69) is 4.98 Å². The normalized spacial score (nSPS) is 26.6. The number of nitrogens with zero attached hydrogens (tertiary/aromatic N) is 1. The fourth-order valence-electron chi connectivity index (χ4n) is 2.67. The number of ether oxygens (including phenoxy) is 3. The number of ketones is 1. The highest BCUT2D eigenvalue weighted by Crippen LogP contribution is 2.19. The molecule has 2 heterocycles. The third-order valence-electron chi connectivity index (χ3n) is 4.25. The maximum Gasteiger partial charge on any atom is 0.331 e. The van der Waals surface area contributed by atoms with Crippen LogP contribution in [0.3, 0.4) is 0 Å². The van der Waals surface area contributed by atoms with Gasteiger partial charge in [-0.25, -0.2) is 14.6 Å². The Morgan fingerprint density at radius 2 is 1.77 bits per heavy atom. The molecule has 31 heavy (non-hydrogen) atoms.